The van der Waals surface area contributed by atoms with Crippen LogP contribution in [0, 0.1) is 18.3 Å². The molecule has 0 saturated heterocycles. The Labute approximate surface area is 97.8 Å². The molecular formula is C14H21NO. The molecule has 1 aliphatic rings. The van der Waals surface area contributed by atoms with Gasteiger partial charge in [-0.3, -0.25) is 0 Å². The van der Waals surface area contributed by atoms with E-state index < -0.39 is 0 Å². The van der Waals surface area contributed by atoms with Crippen molar-refractivity contribution in [3.05, 3.63) is 29.3 Å². The first-order chi connectivity index (χ1) is 7.54. The van der Waals surface area contributed by atoms with Crippen molar-refractivity contribution in [1.82, 2.24) is 0 Å². The second-order valence-electron chi connectivity index (χ2n) is 5.33. The second-order valence-corrected chi connectivity index (χ2v) is 5.33. The predicted octanol–water partition coefficient (Wildman–Crippen LogP) is 2.70. The molecular weight excluding hydrogens is 198 g/mol. The lowest BCUT2D eigenvalue weighted by molar-refractivity contribution is 0.407. The van der Waals surface area contributed by atoms with Crippen LogP contribution >= 0.6 is 0 Å². The van der Waals surface area contributed by atoms with Gasteiger partial charge in [0.05, 0.1) is 7.11 Å². The molecule has 1 aromatic rings. The Morgan fingerprint density at radius 2 is 2.06 bits per heavy atom. The summed E-state index contributed by atoms with van der Waals surface area (Å²) >= 11 is 0. The van der Waals surface area contributed by atoms with Gasteiger partial charge >= 0.3 is 0 Å². The Hall–Kier alpha value is -1.02. The number of hydrogen-bond donors (Lipinski definition) is 1. The Morgan fingerprint density at radius 1 is 1.38 bits per heavy atom. The van der Waals surface area contributed by atoms with E-state index in [-0.39, 0.29) is 0 Å². The van der Waals surface area contributed by atoms with Crippen LogP contribution in [0.2, 0.25) is 0 Å². The fraction of sp³-hybridized carbons (Fsp3) is 0.571. The lowest BCUT2D eigenvalue weighted by Crippen LogP contribution is -2.05. The number of rotatable bonds is 3. The SMILES string of the molecule is COc1cccc(C)c1C1C(CN)C1(C)C. The summed E-state index contributed by atoms with van der Waals surface area (Å²) in [5.41, 5.74) is 8.82. The Kier molecular flexibility index (Phi) is 2.70. The minimum absolute atomic E-state index is 0.314. The predicted molar refractivity (Wildman–Crippen MR) is 66.8 cm³/mol. The van der Waals surface area contributed by atoms with Gasteiger partial charge in [-0.15, -0.1) is 0 Å². The minimum Gasteiger partial charge on any atom is -0.496 e. The highest BCUT2D eigenvalue weighted by Crippen LogP contribution is 2.65. The van der Waals surface area contributed by atoms with Crippen molar-refractivity contribution >= 4 is 0 Å². The van der Waals surface area contributed by atoms with E-state index in [0.29, 0.717) is 17.3 Å². The van der Waals surface area contributed by atoms with Gasteiger partial charge in [0.25, 0.3) is 0 Å². The van der Waals surface area contributed by atoms with Crippen LogP contribution in [0.3, 0.4) is 0 Å². The van der Waals surface area contributed by atoms with E-state index in [9.17, 15) is 0 Å². The Morgan fingerprint density at radius 3 is 2.56 bits per heavy atom. The molecule has 2 rings (SSSR count). The van der Waals surface area contributed by atoms with Gasteiger partial charge in [-0.25, -0.2) is 0 Å². The standard InChI is InChI=1S/C14H21NO/c1-9-6-5-7-11(16-4)12(9)13-10(8-15)14(13,2)3/h5-7,10,13H,8,15H2,1-4H3. The summed E-state index contributed by atoms with van der Waals surface area (Å²) in [6, 6.07) is 6.24. The van der Waals surface area contributed by atoms with Gasteiger partial charge in [-0.05, 0) is 42.3 Å². The van der Waals surface area contributed by atoms with Crippen molar-refractivity contribution in [2.24, 2.45) is 17.1 Å². The number of nitrogens with two attached hydrogens (primary N) is 1. The molecule has 0 heterocycles. The van der Waals surface area contributed by atoms with Gasteiger partial charge in [-0.1, -0.05) is 26.0 Å². The lowest BCUT2D eigenvalue weighted by atomic mass is 9.98. The number of hydrogen-bond acceptors (Lipinski definition) is 2. The van der Waals surface area contributed by atoms with E-state index in [2.05, 4.69) is 26.8 Å². The van der Waals surface area contributed by atoms with Gasteiger partial charge in [0.2, 0.25) is 0 Å². The molecule has 1 fully saturated rings. The third-order valence-corrected chi connectivity index (χ3v) is 4.12. The van der Waals surface area contributed by atoms with Gasteiger partial charge in [0, 0.05) is 5.56 Å². The Balaban J connectivity index is 2.42. The van der Waals surface area contributed by atoms with Crippen molar-refractivity contribution in [3.63, 3.8) is 0 Å². The maximum atomic E-state index is 5.84. The smallest absolute Gasteiger partial charge is 0.122 e. The highest BCUT2D eigenvalue weighted by molar-refractivity contribution is 5.47. The second kappa shape index (κ2) is 3.77. The molecule has 2 heteroatoms. The molecule has 0 aliphatic heterocycles. The summed E-state index contributed by atoms with van der Waals surface area (Å²) < 4.78 is 5.47. The third kappa shape index (κ3) is 1.52. The number of aryl methyl sites for hydroxylation is 1. The molecule has 2 atom stereocenters. The van der Waals surface area contributed by atoms with Crippen LogP contribution < -0.4 is 10.5 Å². The zero-order chi connectivity index (χ0) is 11.9. The third-order valence-electron chi connectivity index (χ3n) is 4.12. The number of benzene rings is 1. The summed E-state index contributed by atoms with van der Waals surface area (Å²) in [4.78, 5) is 0. The summed E-state index contributed by atoms with van der Waals surface area (Å²) in [6.45, 7) is 7.50. The largest absolute Gasteiger partial charge is 0.496 e. The molecule has 1 aliphatic carbocycles. The van der Waals surface area contributed by atoms with Crippen LogP contribution in [0.5, 0.6) is 5.75 Å². The average Bonchev–Trinajstić information content (AvgIpc) is 2.79. The normalized spacial score (nSPS) is 26.6. The first kappa shape index (κ1) is 11.5. The van der Waals surface area contributed by atoms with Crippen molar-refractivity contribution in [3.8, 4) is 5.75 Å². The van der Waals surface area contributed by atoms with Crippen molar-refractivity contribution in [1.29, 1.82) is 0 Å². The van der Waals surface area contributed by atoms with Crippen LogP contribution in [0.1, 0.15) is 30.9 Å². The highest BCUT2D eigenvalue weighted by Gasteiger charge is 2.58. The Bertz CT molecular complexity index is 398. The molecule has 16 heavy (non-hydrogen) atoms. The molecule has 0 bridgehead atoms. The zero-order valence-electron chi connectivity index (χ0n) is 10.6. The summed E-state index contributed by atoms with van der Waals surface area (Å²) in [5, 5.41) is 0. The van der Waals surface area contributed by atoms with E-state index in [4.69, 9.17) is 10.5 Å². The summed E-state index contributed by atoms with van der Waals surface area (Å²) in [6.07, 6.45) is 0. The molecule has 0 amide bonds. The molecule has 0 aromatic heterocycles. The van der Waals surface area contributed by atoms with E-state index in [1.165, 1.54) is 11.1 Å². The molecule has 2 nitrogen and oxygen atoms in total. The maximum Gasteiger partial charge on any atom is 0.122 e. The van der Waals surface area contributed by atoms with E-state index >= 15 is 0 Å². The first-order valence-corrected chi connectivity index (χ1v) is 5.87. The van der Waals surface area contributed by atoms with Gasteiger partial charge < -0.3 is 10.5 Å². The van der Waals surface area contributed by atoms with Crippen LogP contribution in [-0.4, -0.2) is 13.7 Å². The molecule has 2 unspecified atom stereocenters. The maximum absolute atomic E-state index is 5.84. The van der Waals surface area contributed by atoms with Crippen molar-refractivity contribution in [2.75, 3.05) is 13.7 Å². The summed E-state index contributed by atoms with van der Waals surface area (Å²) in [7, 11) is 1.74. The molecule has 88 valence electrons. The molecule has 1 aromatic carbocycles. The number of methoxy groups -OCH3 is 1. The van der Waals surface area contributed by atoms with Crippen LogP contribution in [0.4, 0.5) is 0 Å². The fourth-order valence-electron chi connectivity index (χ4n) is 2.99. The van der Waals surface area contributed by atoms with Crippen molar-refractivity contribution < 1.29 is 4.74 Å². The summed E-state index contributed by atoms with van der Waals surface area (Å²) in [5.74, 6) is 2.14. The van der Waals surface area contributed by atoms with Gasteiger partial charge in [0.1, 0.15) is 5.75 Å². The first-order valence-electron chi connectivity index (χ1n) is 5.87. The van der Waals surface area contributed by atoms with Crippen LogP contribution in [-0.2, 0) is 0 Å². The fourth-order valence-corrected chi connectivity index (χ4v) is 2.99. The van der Waals surface area contributed by atoms with E-state index in [1.807, 2.05) is 12.1 Å². The van der Waals surface area contributed by atoms with Crippen LogP contribution in [0.25, 0.3) is 0 Å². The van der Waals surface area contributed by atoms with Crippen LogP contribution in [0.15, 0.2) is 18.2 Å². The number of ether oxygens (including phenoxy) is 1. The molecule has 0 spiro atoms. The lowest BCUT2D eigenvalue weighted by Gasteiger charge is -2.12. The van der Waals surface area contributed by atoms with E-state index in [0.717, 1.165) is 12.3 Å². The highest BCUT2D eigenvalue weighted by atomic mass is 16.5. The zero-order valence-corrected chi connectivity index (χ0v) is 10.6. The molecule has 0 radical (unpaired) electrons. The van der Waals surface area contributed by atoms with Gasteiger partial charge in [0.15, 0.2) is 0 Å². The monoisotopic (exact) mass is 219 g/mol. The molecule has 1 saturated carbocycles. The molecule has 2 N–H and O–H groups in total. The van der Waals surface area contributed by atoms with Gasteiger partial charge in [-0.2, -0.15) is 0 Å². The van der Waals surface area contributed by atoms with Crippen molar-refractivity contribution in [2.45, 2.75) is 26.7 Å². The minimum atomic E-state index is 0.314. The van der Waals surface area contributed by atoms with E-state index in [1.54, 1.807) is 7.11 Å². The topological polar surface area (TPSA) is 35.2 Å². The quantitative estimate of drug-likeness (QED) is 0.848. The average molecular weight is 219 g/mol.